The first-order valence-electron chi connectivity index (χ1n) is 6.23. The molecule has 0 N–H and O–H groups in total. The third kappa shape index (κ3) is 2.53. The van der Waals surface area contributed by atoms with E-state index in [4.69, 9.17) is 1.37 Å². The zero-order chi connectivity index (χ0) is 13.3. The third-order valence-electron chi connectivity index (χ3n) is 3.32. The van der Waals surface area contributed by atoms with Crippen molar-refractivity contribution in [2.24, 2.45) is 0 Å². The summed E-state index contributed by atoms with van der Waals surface area (Å²) in [5, 5.41) is 0. The second kappa shape index (κ2) is 5.19. The Hall–Kier alpha value is -0.870. The molecule has 17 heavy (non-hydrogen) atoms. The van der Waals surface area contributed by atoms with Crippen molar-refractivity contribution in [1.29, 1.82) is 0 Å². The van der Waals surface area contributed by atoms with E-state index in [1.165, 1.54) is 0 Å². The van der Waals surface area contributed by atoms with E-state index in [0.29, 0.717) is 16.1 Å². The number of hydrogen-bond acceptors (Lipinski definition) is 3. The Balaban J connectivity index is 2.39. The van der Waals surface area contributed by atoms with Crippen LogP contribution < -0.4 is 4.90 Å². The number of aldehydes is 1. The minimum absolute atomic E-state index is 0.372. The number of likely N-dealkylation sites (N-methyl/N-ethyl adjacent to an activating group) is 1. The van der Waals surface area contributed by atoms with E-state index in [9.17, 15) is 4.79 Å². The highest BCUT2D eigenvalue weighted by Gasteiger charge is 2.17. The SMILES string of the molecule is [2H]c1cc(N2CCN(C)CC2)c(C)c(C=O)c1Br. The van der Waals surface area contributed by atoms with E-state index in [-0.39, 0.29) is 0 Å². The van der Waals surface area contributed by atoms with E-state index >= 15 is 0 Å². The van der Waals surface area contributed by atoms with E-state index in [1.54, 1.807) is 0 Å². The molecule has 1 aliphatic rings. The molecule has 1 aliphatic heterocycles. The molecule has 0 amide bonds. The van der Waals surface area contributed by atoms with Crippen LogP contribution in [-0.4, -0.2) is 44.4 Å². The number of hydrogen-bond donors (Lipinski definition) is 0. The van der Waals surface area contributed by atoms with Crippen LogP contribution in [0.4, 0.5) is 5.69 Å². The molecule has 92 valence electrons. The van der Waals surface area contributed by atoms with Crippen molar-refractivity contribution in [2.45, 2.75) is 6.92 Å². The Morgan fingerprint density at radius 3 is 2.65 bits per heavy atom. The molecule has 3 nitrogen and oxygen atoms in total. The molecule has 0 spiro atoms. The quantitative estimate of drug-likeness (QED) is 0.783. The van der Waals surface area contributed by atoms with E-state index in [1.807, 2.05) is 13.0 Å². The van der Waals surface area contributed by atoms with Gasteiger partial charge in [-0.05, 0) is 31.6 Å². The molecule has 1 heterocycles. The highest BCUT2D eigenvalue weighted by atomic mass is 79.9. The van der Waals surface area contributed by atoms with Crippen LogP contribution >= 0.6 is 15.9 Å². The maximum Gasteiger partial charge on any atom is 0.151 e. The van der Waals surface area contributed by atoms with Gasteiger partial charge in [-0.1, -0.05) is 15.9 Å². The van der Waals surface area contributed by atoms with Crippen molar-refractivity contribution in [2.75, 3.05) is 38.1 Å². The van der Waals surface area contributed by atoms with Crippen molar-refractivity contribution in [3.8, 4) is 0 Å². The molecule has 0 bridgehead atoms. The van der Waals surface area contributed by atoms with Crippen LogP contribution in [-0.2, 0) is 0 Å². The standard InChI is InChI=1S/C13H17BrN2O/c1-10-11(9-17)12(14)3-4-13(10)16-7-5-15(2)6-8-16/h3-4,9H,5-8H2,1-2H3/i3D. The fourth-order valence-corrected chi connectivity index (χ4v) is 2.64. The number of piperazine rings is 1. The topological polar surface area (TPSA) is 23.6 Å². The lowest BCUT2D eigenvalue weighted by Gasteiger charge is -2.35. The average molecular weight is 298 g/mol. The van der Waals surface area contributed by atoms with Crippen molar-refractivity contribution in [3.05, 3.63) is 27.7 Å². The second-order valence-corrected chi connectivity index (χ2v) is 5.23. The van der Waals surface area contributed by atoms with Crippen LogP contribution in [0.25, 0.3) is 0 Å². The molecule has 1 aromatic carbocycles. The second-order valence-electron chi connectivity index (χ2n) is 4.43. The summed E-state index contributed by atoms with van der Waals surface area (Å²) in [5.41, 5.74) is 2.56. The smallest absolute Gasteiger partial charge is 0.151 e. The molecule has 2 rings (SSSR count). The Labute approximate surface area is 112 Å². The fourth-order valence-electron chi connectivity index (χ4n) is 2.14. The number of carbonyl (C=O) groups is 1. The maximum atomic E-state index is 11.1. The summed E-state index contributed by atoms with van der Waals surface area (Å²) in [7, 11) is 2.11. The average Bonchev–Trinajstić information content (AvgIpc) is 2.36. The van der Waals surface area contributed by atoms with E-state index in [0.717, 1.165) is 43.7 Å². The summed E-state index contributed by atoms with van der Waals surface area (Å²) in [6.45, 7) is 5.85. The summed E-state index contributed by atoms with van der Waals surface area (Å²) >= 11 is 3.31. The van der Waals surface area contributed by atoms with Gasteiger partial charge in [0.1, 0.15) is 0 Å². The lowest BCUT2D eigenvalue weighted by molar-refractivity contribution is 0.112. The molecule has 1 aromatic rings. The molecule has 1 fully saturated rings. The first-order chi connectivity index (χ1) is 8.54. The van der Waals surface area contributed by atoms with Crippen LogP contribution in [0.3, 0.4) is 0 Å². The summed E-state index contributed by atoms with van der Waals surface area (Å²) in [6, 6.07) is 2.22. The molecule has 0 aromatic heterocycles. The van der Waals surface area contributed by atoms with Gasteiger partial charge in [-0.15, -0.1) is 0 Å². The Morgan fingerprint density at radius 1 is 1.41 bits per heavy atom. The minimum atomic E-state index is 0.372. The maximum absolute atomic E-state index is 11.1. The number of carbonyl (C=O) groups excluding carboxylic acids is 1. The van der Waals surface area contributed by atoms with Gasteiger partial charge in [-0.25, -0.2) is 0 Å². The highest BCUT2D eigenvalue weighted by molar-refractivity contribution is 9.10. The Kier molecular flexibility index (Phi) is 3.43. The van der Waals surface area contributed by atoms with Gasteiger partial charge < -0.3 is 9.80 Å². The lowest BCUT2D eigenvalue weighted by atomic mass is 10.1. The van der Waals surface area contributed by atoms with Gasteiger partial charge in [0.2, 0.25) is 0 Å². The minimum Gasteiger partial charge on any atom is -0.369 e. The first-order valence-corrected chi connectivity index (χ1v) is 6.52. The van der Waals surface area contributed by atoms with Crippen LogP contribution in [0, 0.1) is 6.92 Å². The fraction of sp³-hybridized carbons (Fsp3) is 0.462. The van der Waals surface area contributed by atoms with Crippen LogP contribution in [0.1, 0.15) is 17.3 Å². The zero-order valence-electron chi connectivity index (χ0n) is 11.2. The van der Waals surface area contributed by atoms with Gasteiger partial charge in [0.15, 0.2) is 6.29 Å². The van der Waals surface area contributed by atoms with Crippen molar-refractivity contribution < 1.29 is 6.17 Å². The Bertz CT molecular complexity index is 471. The summed E-state index contributed by atoms with van der Waals surface area (Å²) in [4.78, 5) is 15.7. The molecular weight excluding hydrogens is 280 g/mol. The normalized spacial score (nSPS) is 18.1. The monoisotopic (exact) mass is 297 g/mol. The molecule has 0 atom stereocenters. The van der Waals surface area contributed by atoms with Crippen LogP contribution in [0.2, 0.25) is 0 Å². The summed E-state index contributed by atoms with van der Waals surface area (Å²) in [5.74, 6) is 0. The molecule has 4 heteroatoms. The van der Waals surface area contributed by atoms with Gasteiger partial charge in [-0.2, -0.15) is 0 Å². The number of halogens is 1. The van der Waals surface area contributed by atoms with Gasteiger partial charge in [0.05, 0.1) is 1.37 Å². The molecular formula is C13H17BrN2O. The van der Waals surface area contributed by atoms with E-state index < -0.39 is 0 Å². The molecule has 0 radical (unpaired) electrons. The lowest BCUT2D eigenvalue weighted by Crippen LogP contribution is -2.44. The predicted octanol–water partition coefficient (Wildman–Crippen LogP) is 2.32. The van der Waals surface area contributed by atoms with Gasteiger partial charge >= 0.3 is 0 Å². The van der Waals surface area contributed by atoms with Crippen molar-refractivity contribution >= 4 is 27.9 Å². The summed E-state index contributed by atoms with van der Waals surface area (Å²) in [6.07, 6.45) is 0.830. The highest BCUT2D eigenvalue weighted by Crippen LogP contribution is 2.28. The molecule has 0 saturated carbocycles. The molecule has 0 unspecified atom stereocenters. The number of anilines is 1. The van der Waals surface area contributed by atoms with Crippen LogP contribution in [0.15, 0.2) is 16.6 Å². The zero-order valence-corrected chi connectivity index (χ0v) is 11.7. The molecule has 0 aliphatic carbocycles. The van der Waals surface area contributed by atoms with Crippen molar-refractivity contribution in [3.63, 3.8) is 0 Å². The van der Waals surface area contributed by atoms with Gasteiger partial charge in [0.25, 0.3) is 0 Å². The Morgan fingerprint density at radius 2 is 2.06 bits per heavy atom. The van der Waals surface area contributed by atoms with Gasteiger partial charge in [0, 0.05) is 41.9 Å². The predicted molar refractivity (Wildman–Crippen MR) is 74.0 cm³/mol. The van der Waals surface area contributed by atoms with Crippen LogP contribution in [0.5, 0.6) is 0 Å². The van der Waals surface area contributed by atoms with Crippen molar-refractivity contribution in [1.82, 2.24) is 4.90 Å². The third-order valence-corrected chi connectivity index (χ3v) is 3.98. The number of nitrogens with zero attached hydrogens (tertiary/aromatic N) is 2. The van der Waals surface area contributed by atoms with Gasteiger partial charge in [-0.3, -0.25) is 4.79 Å². The largest absolute Gasteiger partial charge is 0.369 e. The number of benzene rings is 1. The summed E-state index contributed by atoms with van der Waals surface area (Å²) < 4.78 is 8.51. The van der Waals surface area contributed by atoms with E-state index in [2.05, 4.69) is 32.8 Å². The first kappa shape index (κ1) is 11.2. The molecule has 1 saturated heterocycles. The number of rotatable bonds is 2.